The van der Waals surface area contributed by atoms with Crippen molar-refractivity contribution in [1.29, 1.82) is 0 Å². The van der Waals surface area contributed by atoms with Crippen molar-refractivity contribution in [3.05, 3.63) is 76.1 Å². The van der Waals surface area contributed by atoms with E-state index in [1.54, 1.807) is 5.38 Å². The number of hydrogen-bond acceptors (Lipinski definition) is 5. The van der Waals surface area contributed by atoms with Gasteiger partial charge < -0.3 is 16.2 Å². The summed E-state index contributed by atoms with van der Waals surface area (Å²) in [6.45, 7) is 1.33. The van der Waals surface area contributed by atoms with E-state index in [1.807, 2.05) is 0 Å². The molecule has 29 heavy (non-hydrogen) atoms. The third-order valence-electron chi connectivity index (χ3n) is 3.61. The van der Waals surface area contributed by atoms with Gasteiger partial charge in [0.15, 0.2) is 5.13 Å². The van der Waals surface area contributed by atoms with E-state index < -0.39 is 103 Å². The van der Waals surface area contributed by atoms with Gasteiger partial charge in [-0.05, 0) is 49.3 Å². The van der Waals surface area contributed by atoms with E-state index in [1.165, 1.54) is 6.92 Å². The molecule has 0 radical (unpaired) electrons. The first-order chi connectivity index (χ1) is 18.8. The first-order valence-corrected chi connectivity index (χ1v) is 9.55. The normalized spacial score (nSPS) is 18.8. The number of nitrogens with zero attached hydrogens (tertiary/aromatic N) is 1. The van der Waals surface area contributed by atoms with Crippen LogP contribution in [0.3, 0.4) is 0 Å². The van der Waals surface area contributed by atoms with Crippen molar-refractivity contribution in [2.45, 2.75) is 45.0 Å². The number of rotatable bonds is 9. The number of aromatic nitrogens is 1. The second-order valence-electron chi connectivity index (χ2n) is 5.97. The molecule has 0 saturated carbocycles. The van der Waals surface area contributed by atoms with Gasteiger partial charge >= 0.3 is 0 Å². The third-order valence-corrected chi connectivity index (χ3v) is 4.33. The first kappa shape index (κ1) is 10.4. The molecule has 0 saturated heterocycles. The number of nitrogen functional groups attached to an aromatic ring is 1. The van der Waals surface area contributed by atoms with Gasteiger partial charge in [0, 0.05) is 16.6 Å². The van der Waals surface area contributed by atoms with E-state index >= 15 is 0 Å². The van der Waals surface area contributed by atoms with Gasteiger partial charge in [0.05, 0.1) is 29.2 Å². The van der Waals surface area contributed by atoms with E-state index in [-0.39, 0.29) is 17.1 Å². The molecular weight excluding hydrogens is 382 g/mol. The fourth-order valence-electron chi connectivity index (χ4n) is 2.31. The second kappa shape index (κ2) is 10.2. The lowest BCUT2D eigenvalue weighted by molar-refractivity contribution is -0.115. The molecule has 3 aromatic rings. The molecule has 0 spiro atoms. The highest BCUT2D eigenvalue weighted by Crippen LogP contribution is 2.21. The summed E-state index contributed by atoms with van der Waals surface area (Å²) in [4.78, 5) is 16.4. The Balaban J connectivity index is 1.88. The third kappa shape index (κ3) is 6.69. The molecule has 1 atom stereocenters. The van der Waals surface area contributed by atoms with Gasteiger partial charge in [0.25, 0.3) is 0 Å². The van der Waals surface area contributed by atoms with Gasteiger partial charge in [0.2, 0.25) is 5.91 Å². The molecule has 152 valence electrons. The number of carbonyl (C=O) groups is 1. The Bertz CT molecular complexity index is 1450. The fraction of sp³-hybridized carbons (Fsp3) is 0.304. The van der Waals surface area contributed by atoms with Crippen molar-refractivity contribution in [1.82, 2.24) is 4.98 Å². The number of hydrogen-bond donors (Lipinski definition) is 3. The summed E-state index contributed by atoms with van der Waals surface area (Å²) < 4.78 is 98.8. The van der Waals surface area contributed by atoms with Crippen LogP contribution in [0.15, 0.2) is 53.7 Å². The molecule has 3 rings (SSSR count). The second-order valence-corrected chi connectivity index (χ2v) is 6.86. The van der Waals surface area contributed by atoms with Crippen molar-refractivity contribution >= 4 is 28.1 Å². The Hall–Kier alpha value is -2.70. The Morgan fingerprint density at radius 2 is 2.10 bits per heavy atom. The fourth-order valence-corrected chi connectivity index (χ4v) is 2.87. The van der Waals surface area contributed by atoms with E-state index in [2.05, 4.69) is 10.3 Å². The molecule has 1 amide bonds. The van der Waals surface area contributed by atoms with Gasteiger partial charge in [-0.1, -0.05) is 48.2 Å². The number of nitrogens with two attached hydrogens (primary N) is 1. The Labute approximate surface area is 192 Å². The van der Waals surface area contributed by atoms with Crippen LogP contribution in [0.5, 0.6) is 0 Å². The molecule has 0 aliphatic carbocycles. The number of nitrogens with one attached hydrogen (secondary N) is 1. The van der Waals surface area contributed by atoms with Crippen LogP contribution in [0.4, 0.5) is 10.8 Å². The number of aliphatic hydroxyl groups excluding tert-OH is 1. The summed E-state index contributed by atoms with van der Waals surface area (Å²) in [5.41, 5.74) is 4.19. The smallest absolute Gasteiger partial charge is 0.230 e. The summed E-state index contributed by atoms with van der Waals surface area (Å²) in [6, 6.07) is -5.17. The van der Waals surface area contributed by atoms with Crippen LogP contribution in [0, 0.1) is 6.92 Å². The average molecular weight is 422 g/mol. The molecule has 0 unspecified atom stereocenters. The molecule has 0 aliphatic rings. The zero-order valence-electron chi connectivity index (χ0n) is 27.6. The summed E-state index contributed by atoms with van der Waals surface area (Å²) in [6.07, 6.45) is -9.12. The number of anilines is 2. The minimum atomic E-state index is -2.65. The van der Waals surface area contributed by atoms with Crippen molar-refractivity contribution in [2.75, 3.05) is 11.1 Å². The number of carbonyl (C=O) groups excluding carboxylic acids is 1. The summed E-state index contributed by atoms with van der Waals surface area (Å²) >= 11 is 1.11. The molecular formula is C23H27N3O2S. The van der Waals surface area contributed by atoms with Crippen LogP contribution < -0.4 is 11.1 Å². The zero-order chi connectivity index (χ0) is 31.2. The maximum absolute atomic E-state index is 12.4. The molecule has 6 heteroatoms. The van der Waals surface area contributed by atoms with Gasteiger partial charge in [-0.15, -0.1) is 11.3 Å². The van der Waals surface area contributed by atoms with Gasteiger partial charge in [-0.2, -0.15) is 0 Å². The lowest BCUT2D eigenvalue weighted by Crippen LogP contribution is -2.14. The number of aliphatic hydroxyl groups is 1. The summed E-state index contributed by atoms with van der Waals surface area (Å²) in [5.74, 6) is -0.693. The van der Waals surface area contributed by atoms with E-state index in [0.29, 0.717) is 5.69 Å². The highest BCUT2D eigenvalue weighted by molar-refractivity contribution is 7.13. The lowest BCUT2D eigenvalue weighted by atomic mass is 10.00. The molecule has 4 N–H and O–H groups in total. The van der Waals surface area contributed by atoms with Gasteiger partial charge in [0.1, 0.15) is 0 Å². The van der Waals surface area contributed by atoms with Gasteiger partial charge in [-0.3, -0.25) is 4.79 Å². The van der Waals surface area contributed by atoms with E-state index in [0.717, 1.165) is 11.3 Å². The van der Waals surface area contributed by atoms with Crippen LogP contribution in [-0.2, 0) is 17.6 Å². The topological polar surface area (TPSA) is 88.2 Å². The molecule has 0 fully saturated rings. The van der Waals surface area contributed by atoms with Crippen molar-refractivity contribution in [3.8, 4) is 0 Å². The first-order valence-electron chi connectivity index (χ1n) is 14.7. The number of benzene rings is 2. The van der Waals surface area contributed by atoms with Crippen LogP contribution in [0.2, 0.25) is 0 Å². The SMILES string of the molecule is [2H]c1c([2H])c(C)c([2H])c([C@@H](O)C([2H])([2H])CCC([2H])([2H])c2c([2H])c([2H])c(NC(=O)Cc3csc(N)n3)c([2H])c2[2H])c1[2H]. The van der Waals surface area contributed by atoms with Crippen molar-refractivity contribution in [3.63, 3.8) is 0 Å². The van der Waals surface area contributed by atoms with Gasteiger partial charge in [-0.25, -0.2) is 4.98 Å². The van der Waals surface area contributed by atoms with Crippen LogP contribution in [0.25, 0.3) is 0 Å². The minimum absolute atomic E-state index is 0.0299. The Morgan fingerprint density at radius 1 is 1.31 bits per heavy atom. The van der Waals surface area contributed by atoms with Crippen LogP contribution in [-0.4, -0.2) is 16.0 Å². The summed E-state index contributed by atoms with van der Waals surface area (Å²) in [5, 5.41) is 14.9. The van der Waals surface area contributed by atoms with Crippen molar-refractivity contribution < 1.29 is 26.4 Å². The maximum Gasteiger partial charge on any atom is 0.230 e. The Morgan fingerprint density at radius 3 is 2.83 bits per heavy atom. The van der Waals surface area contributed by atoms with Crippen LogP contribution in [0.1, 0.15) is 64.2 Å². The molecule has 0 aliphatic heterocycles. The highest BCUT2D eigenvalue weighted by Gasteiger charge is 2.08. The standard InChI is InChI=1S/C23H27N3O2S/c1-16-5-4-7-18(13-16)21(27)8-3-2-6-17-9-11-19(12-10-17)25-22(28)14-20-15-29-23(24)26-20/h4-5,7,9-13,15,21,27H,2-3,6,8,14H2,1H3,(H2,24,26)(H,25,28)/t21-/m0/s1/i4D,5D,6D2,7D,8D2,9D,10D,11D,12D,13D. The maximum atomic E-state index is 12.4. The summed E-state index contributed by atoms with van der Waals surface area (Å²) in [7, 11) is 0. The lowest BCUT2D eigenvalue weighted by Gasteiger charge is -2.11. The van der Waals surface area contributed by atoms with Crippen LogP contribution >= 0.6 is 11.3 Å². The largest absolute Gasteiger partial charge is 0.388 e. The molecule has 5 nitrogen and oxygen atoms in total. The predicted molar refractivity (Wildman–Crippen MR) is 119 cm³/mol. The molecule has 2 aromatic carbocycles. The Kier molecular flexibility index (Phi) is 3.64. The molecule has 1 heterocycles. The molecule has 0 bridgehead atoms. The number of thiazole rings is 1. The quantitative estimate of drug-likeness (QED) is 0.469. The zero-order valence-corrected chi connectivity index (χ0v) is 16.4. The van der Waals surface area contributed by atoms with E-state index in [4.69, 9.17) is 22.2 Å². The highest BCUT2D eigenvalue weighted by atomic mass is 32.1. The van der Waals surface area contributed by atoms with E-state index in [9.17, 15) is 9.90 Å². The predicted octanol–water partition coefficient (Wildman–Crippen LogP) is 4.66. The monoisotopic (exact) mass is 421 g/mol. The minimum Gasteiger partial charge on any atom is -0.388 e. The average Bonchev–Trinajstić information content (AvgIpc) is 3.30. The van der Waals surface area contributed by atoms with Crippen molar-refractivity contribution in [2.24, 2.45) is 0 Å². The molecule has 1 aromatic heterocycles. The number of amides is 1.